The number of pyridine rings is 2. The van der Waals surface area contributed by atoms with Gasteiger partial charge in [0.2, 0.25) is 0 Å². The Morgan fingerprint density at radius 2 is 1.82 bits per heavy atom. The molecule has 0 spiro atoms. The number of carbonyl (C=O) groups is 2. The highest BCUT2D eigenvalue weighted by Crippen LogP contribution is 2.39. The minimum Gasteiger partial charge on any atom is -0.477 e. The molecule has 0 aliphatic carbocycles. The molecular formula is C31H22F3N7O3S. The van der Waals surface area contributed by atoms with Crippen molar-refractivity contribution in [2.75, 3.05) is 18.0 Å². The van der Waals surface area contributed by atoms with Crippen LogP contribution in [0.15, 0.2) is 67.0 Å². The summed E-state index contributed by atoms with van der Waals surface area (Å²) in [6, 6.07) is 12.5. The van der Waals surface area contributed by atoms with Crippen LogP contribution in [0.3, 0.4) is 0 Å². The molecule has 0 bridgehead atoms. The average molecular weight is 630 g/mol. The van der Waals surface area contributed by atoms with Crippen molar-refractivity contribution in [1.82, 2.24) is 30.3 Å². The Balaban J connectivity index is 1.30. The molecule has 7 rings (SSSR count). The van der Waals surface area contributed by atoms with E-state index in [0.29, 0.717) is 44.8 Å². The van der Waals surface area contributed by atoms with Crippen LogP contribution >= 0.6 is 11.3 Å². The number of halogens is 3. The van der Waals surface area contributed by atoms with Crippen LogP contribution in [-0.4, -0.2) is 61.1 Å². The van der Waals surface area contributed by atoms with Gasteiger partial charge in [0.1, 0.15) is 34.3 Å². The van der Waals surface area contributed by atoms with E-state index in [4.69, 9.17) is 5.11 Å². The van der Waals surface area contributed by atoms with Crippen LogP contribution in [0.4, 0.5) is 19.0 Å². The molecule has 1 saturated heterocycles. The summed E-state index contributed by atoms with van der Waals surface area (Å²) in [4.78, 5) is 36.2. The molecular weight excluding hydrogens is 607 g/mol. The van der Waals surface area contributed by atoms with Crippen LogP contribution in [0.5, 0.6) is 0 Å². The van der Waals surface area contributed by atoms with Crippen LogP contribution in [-0.2, 0) is 0 Å². The van der Waals surface area contributed by atoms with Crippen molar-refractivity contribution in [1.29, 1.82) is 0 Å². The summed E-state index contributed by atoms with van der Waals surface area (Å²) in [5.41, 5.74) is 0.233. The van der Waals surface area contributed by atoms with Crippen LogP contribution in [0.1, 0.15) is 33.6 Å². The molecule has 1 aliphatic heterocycles. The number of hydrogen-bond acceptors (Lipinski definition) is 8. The number of aromatic carboxylic acids is 1. The lowest BCUT2D eigenvalue weighted by molar-refractivity contribution is 0.0686. The molecule has 226 valence electrons. The molecule has 0 saturated carbocycles. The van der Waals surface area contributed by atoms with E-state index in [1.54, 1.807) is 36.5 Å². The lowest BCUT2D eigenvalue weighted by Gasteiger charge is -2.34. The summed E-state index contributed by atoms with van der Waals surface area (Å²) in [6.07, 6.45) is 4.51. The number of carboxylic acid groups (broad SMARTS) is 1. The summed E-state index contributed by atoms with van der Waals surface area (Å²) in [7, 11) is 0. The number of hydrogen-bond donors (Lipinski definition) is 2. The van der Waals surface area contributed by atoms with E-state index in [2.05, 4.69) is 25.6 Å². The molecule has 45 heavy (non-hydrogen) atoms. The molecule has 1 fully saturated rings. The molecule has 1 aliphatic rings. The van der Waals surface area contributed by atoms with E-state index < -0.39 is 34.9 Å². The van der Waals surface area contributed by atoms with Crippen molar-refractivity contribution < 1.29 is 27.9 Å². The first kappa shape index (κ1) is 28.6. The van der Waals surface area contributed by atoms with Gasteiger partial charge in [-0.15, -0.1) is 16.4 Å². The Hall–Kier alpha value is -5.21. The van der Waals surface area contributed by atoms with E-state index in [9.17, 15) is 18.4 Å². The lowest BCUT2D eigenvalue weighted by atomic mass is 10.0. The first-order valence-electron chi connectivity index (χ1n) is 13.9. The van der Waals surface area contributed by atoms with Crippen LogP contribution < -0.4 is 10.2 Å². The fourth-order valence-electron chi connectivity index (χ4n) is 5.57. The second-order valence-corrected chi connectivity index (χ2v) is 11.5. The van der Waals surface area contributed by atoms with Crippen molar-refractivity contribution in [2.45, 2.75) is 18.9 Å². The monoisotopic (exact) mass is 629 g/mol. The Morgan fingerprint density at radius 3 is 2.56 bits per heavy atom. The van der Waals surface area contributed by atoms with E-state index in [-0.39, 0.29) is 23.0 Å². The normalized spacial score (nSPS) is 15.0. The zero-order chi connectivity index (χ0) is 31.2. The molecule has 14 heteroatoms. The van der Waals surface area contributed by atoms with Gasteiger partial charge in [-0.2, -0.15) is 4.68 Å². The molecule has 1 amide bonds. The van der Waals surface area contributed by atoms with Crippen LogP contribution in [0, 0.1) is 17.5 Å². The van der Waals surface area contributed by atoms with Crippen molar-refractivity contribution in [2.24, 2.45) is 0 Å². The van der Waals surface area contributed by atoms with Gasteiger partial charge in [-0.25, -0.2) is 27.9 Å². The number of carboxylic acids is 1. The summed E-state index contributed by atoms with van der Waals surface area (Å²) < 4.78 is 46.9. The number of piperidine rings is 1. The van der Waals surface area contributed by atoms with Gasteiger partial charge in [0, 0.05) is 40.0 Å². The topological polar surface area (TPSA) is 126 Å². The minimum absolute atomic E-state index is 0.135. The maximum Gasteiger partial charge on any atom is 0.341 e. The predicted octanol–water partition coefficient (Wildman–Crippen LogP) is 5.61. The fraction of sp³-hybridized carbons (Fsp3) is 0.161. The van der Waals surface area contributed by atoms with Gasteiger partial charge in [-0.1, -0.05) is 5.21 Å². The van der Waals surface area contributed by atoms with Gasteiger partial charge in [0.25, 0.3) is 5.91 Å². The van der Waals surface area contributed by atoms with Crippen LogP contribution in [0.2, 0.25) is 0 Å². The Labute approximate surface area is 256 Å². The molecule has 0 unspecified atom stereocenters. The number of carbonyl (C=O) groups excluding carboxylic acids is 1. The number of thiophene rings is 1. The number of amides is 1. The standard InChI is InChI=1S/C31H22F3N7O3S/c32-21-13-17(41-29-24(38-39-41)4-2-9-36-29)5-6-19(21)30(42)40(18-3-1-8-35-15-18)28-20-14-26(45-25(20)7-10-37-28)16-11-22(33)27(31(43)44)23(34)12-16/h2,4-7,9-14,18,35H,1,3,8,15H2,(H,43,44)/t18-/m1/s1. The first-order chi connectivity index (χ1) is 21.8. The summed E-state index contributed by atoms with van der Waals surface area (Å²) in [6.45, 7) is 1.22. The molecule has 1 atom stereocenters. The Morgan fingerprint density at radius 1 is 1.00 bits per heavy atom. The first-order valence-corrected chi connectivity index (χ1v) is 14.7. The molecule has 10 nitrogen and oxygen atoms in total. The smallest absolute Gasteiger partial charge is 0.341 e. The molecule has 0 radical (unpaired) electrons. The fourth-order valence-corrected chi connectivity index (χ4v) is 6.61. The number of aromatic nitrogens is 5. The van der Waals surface area contributed by atoms with Gasteiger partial charge < -0.3 is 10.4 Å². The van der Waals surface area contributed by atoms with Gasteiger partial charge in [-0.3, -0.25) is 9.69 Å². The Kier molecular flexibility index (Phi) is 7.22. The highest BCUT2D eigenvalue weighted by atomic mass is 32.1. The second-order valence-electron chi connectivity index (χ2n) is 10.5. The maximum absolute atomic E-state index is 15.8. The largest absolute Gasteiger partial charge is 0.477 e. The van der Waals surface area contributed by atoms with Crippen molar-refractivity contribution in [3.05, 3.63) is 95.6 Å². The SMILES string of the molecule is O=C(O)c1c(F)cc(-c2cc3c(N(C(=O)c4ccc(-n5nnc6cccnc65)cc4F)[C@@H]4CCCNC4)nccc3s2)cc1F. The summed E-state index contributed by atoms with van der Waals surface area (Å²) >= 11 is 1.20. The number of rotatable bonds is 6. The minimum atomic E-state index is -1.71. The molecule has 6 aromatic rings. The molecule has 2 N–H and O–H groups in total. The highest BCUT2D eigenvalue weighted by molar-refractivity contribution is 7.22. The lowest BCUT2D eigenvalue weighted by Crippen LogP contribution is -2.49. The van der Waals surface area contributed by atoms with E-state index in [1.807, 2.05) is 0 Å². The van der Waals surface area contributed by atoms with Gasteiger partial charge in [-0.05, 0) is 73.5 Å². The number of anilines is 1. The van der Waals surface area contributed by atoms with Gasteiger partial charge in [0.15, 0.2) is 5.65 Å². The Bertz CT molecular complexity index is 2100. The average Bonchev–Trinajstić information content (AvgIpc) is 3.66. The summed E-state index contributed by atoms with van der Waals surface area (Å²) in [5.74, 6) is -5.22. The third-order valence-corrected chi connectivity index (χ3v) is 8.83. The number of nitrogens with zero attached hydrogens (tertiary/aromatic N) is 6. The third kappa shape index (κ3) is 5.07. The third-order valence-electron chi connectivity index (χ3n) is 7.68. The zero-order valence-electron chi connectivity index (χ0n) is 23.2. The van der Waals surface area contributed by atoms with Gasteiger partial charge in [0.05, 0.1) is 17.3 Å². The summed E-state index contributed by atoms with van der Waals surface area (Å²) in [5, 5.41) is 21.1. The number of nitrogens with one attached hydrogen (secondary N) is 1. The molecule has 5 heterocycles. The van der Waals surface area contributed by atoms with Crippen molar-refractivity contribution in [3.63, 3.8) is 0 Å². The van der Waals surface area contributed by atoms with Crippen molar-refractivity contribution in [3.8, 4) is 16.1 Å². The predicted molar refractivity (Wildman–Crippen MR) is 161 cm³/mol. The quantitative estimate of drug-likeness (QED) is 0.244. The highest BCUT2D eigenvalue weighted by Gasteiger charge is 2.32. The van der Waals surface area contributed by atoms with Crippen LogP contribution in [0.25, 0.3) is 37.4 Å². The number of fused-ring (bicyclic) bond motifs is 2. The van der Waals surface area contributed by atoms with Gasteiger partial charge >= 0.3 is 5.97 Å². The van der Waals surface area contributed by atoms with E-state index in [0.717, 1.165) is 25.1 Å². The molecule has 2 aromatic carbocycles. The second kappa shape index (κ2) is 11.4. The zero-order valence-corrected chi connectivity index (χ0v) is 24.1. The van der Waals surface area contributed by atoms with E-state index in [1.165, 1.54) is 39.2 Å². The maximum atomic E-state index is 15.8. The molecule has 4 aromatic heterocycles. The number of benzene rings is 2. The van der Waals surface area contributed by atoms with Crippen molar-refractivity contribution >= 4 is 50.3 Å². The van der Waals surface area contributed by atoms with E-state index >= 15 is 4.39 Å².